The first-order chi connectivity index (χ1) is 18.1. The summed E-state index contributed by atoms with van der Waals surface area (Å²) in [6.45, 7) is 0.299. The number of nitrogens with one attached hydrogen (secondary N) is 2. The molecule has 3 aromatic carbocycles. The lowest BCUT2D eigenvalue weighted by Crippen LogP contribution is -2.26. The molecular weight excluding hydrogens is 469 g/mol. The number of pyridine rings is 1. The number of benzene rings is 3. The first-order valence-corrected chi connectivity index (χ1v) is 11.8. The van der Waals surface area contributed by atoms with Crippen LogP contribution in [0.1, 0.15) is 15.9 Å². The van der Waals surface area contributed by atoms with Crippen molar-refractivity contribution in [2.24, 2.45) is 0 Å². The average molecular weight is 494 g/mol. The number of carbonyl (C=O) groups is 1. The molecule has 0 aliphatic heterocycles. The summed E-state index contributed by atoms with van der Waals surface area (Å²) in [5, 5.41) is 6.95. The normalized spacial score (nSPS) is 10.8. The first-order valence-electron chi connectivity index (χ1n) is 11.8. The van der Waals surface area contributed by atoms with Gasteiger partial charge in [0.25, 0.3) is 5.91 Å². The van der Waals surface area contributed by atoms with E-state index in [1.807, 2.05) is 42.5 Å². The van der Waals surface area contributed by atoms with E-state index in [1.54, 1.807) is 49.8 Å². The number of halogens is 1. The number of nitrogens with zero attached hydrogens (tertiary/aromatic N) is 3. The van der Waals surface area contributed by atoms with Crippen LogP contribution in [0.4, 0.5) is 15.9 Å². The van der Waals surface area contributed by atoms with Crippen LogP contribution in [0.15, 0.2) is 91.3 Å². The number of para-hydroxylation sites is 1. The van der Waals surface area contributed by atoms with Crippen molar-refractivity contribution in [3.8, 4) is 17.1 Å². The number of amides is 1. The minimum Gasteiger partial charge on any atom is -0.497 e. The zero-order valence-corrected chi connectivity index (χ0v) is 20.1. The van der Waals surface area contributed by atoms with Crippen molar-refractivity contribution in [3.05, 3.63) is 108 Å². The fraction of sp³-hybridized carbons (Fsp3) is 0.103. The maximum Gasteiger partial charge on any atom is 0.253 e. The van der Waals surface area contributed by atoms with Crippen molar-refractivity contribution in [3.63, 3.8) is 0 Å². The molecular formula is C29H24FN5O2. The summed E-state index contributed by atoms with van der Waals surface area (Å²) >= 11 is 0. The van der Waals surface area contributed by atoms with Crippen LogP contribution in [0.25, 0.3) is 22.3 Å². The fourth-order valence-electron chi connectivity index (χ4n) is 3.98. The minimum atomic E-state index is -0.283. The Hall–Kier alpha value is -4.85. The SMILES string of the molecule is COc1ccc2nc(-c3cccnc3)nc(Nc3ccccc3C(=O)NCCc3ccccc3F)c2c1. The molecule has 1 amide bonds. The van der Waals surface area contributed by atoms with Gasteiger partial charge < -0.3 is 15.4 Å². The molecule has 0 aliphatic rings. The fourth-order valence-corrected chi connectivity index (χ4v) is 3.98. The van der Waals surface area contributed by atoms with E-state index in [4.69, 9.17) is 14.7 Å². The van der Waals surface area contributed by atoms with Gasteiger partial charge in [0.15, 0.2) is 5.82 Å². The summed E-state index contributed by atoms with van der Waals surface area (Å²) in [4.78, 5) is 26.7. The summed E-state index contributed by atoms with van der Waals surface area (Å²) in [6, 6.07) is 23.0. The molecule has 37 heavy (non-hydrogen) atoms. The lowest BCUT2D eigenvalue weighted by molar-refractivity contribution is 0.0955. The van der Waals surface area contributed by atoms with Crippen molar-refractivity contribution in [2.45, 2.75) is 6.42 Å². The van der Waals surface area contributed by atoms with E-state index < -0.39 is 0 Å². The zero-order chi connectivity index (χ0) is 25.6. The van der Waals surface area contributed by atoms with Gasteiger partial charge in [0.05, 0.1) is 23.9 Å². The Labute approximate surface area is 213 Å². The molecule has 0 aliphatic carbocycles. The highest BCUT2D eigenvalue weighted by molar-refractivity contribution is 6.02. The predicted octanol–water partition coefficient (Wildman–Crippen LogP) is 5.56. The number of rotatable bonds is 8. The number of methoxy groups -OCH3 is 1. The van der Waals surface area contributed by atoms with E-state index in [-0.39, 0.29) is 11.7 Å². The minimum absolute atomic E-state index is 0.275. The van der Waals surface area contributed by atoms with E-state index in [1.165, 1.54) is 6.07 Å². The maximum atomic E-state index is 13.9. The topological polar surface area (TPSA) is 89.0 Å². The predicted molar refractivity (Wildman–Crippen MR) is 141 cm³/mol. The van der Waals surface area contributed by atoms with Crippen LogP contribution in [0.3, 0.4) is 0 Å². The molecule has 0 atom stereocenters. The third kappa shape index (κ3) is 5.38. The quantitative estimate of drug-likeness (QED) is 0.294. The van der Waals surface area contributed by atoms with Gasteiger partial charge in [-0.3, -0.25) is 9.78 Å². The van der Waals surface area contributed by atoms with Crippen molar-refractivity contribution in [2.75, 3.05) is 19.0 Å². The second-order valence-electron chi connectivity index (χ2n) is 8.29. The van der Waals surface area contributed by atoms with Crippen LogP contribution < -0.4 is 15.4 Å². The molecule has 0 saturated carbocycles. The van der Waals surface area contributed by atoms with Crippen LogP contribution in [0.2, 0.25) is 0 Å². The summed E-state index contributed by atoms with van der Waals surface area (Å²) in [5.74, 6) is 1.12. The second kappa shape index (κ2) is 10.8. The van der Waals surface area contributed by atoms with Crippen LogP contribution in [-0.2, 0) is 6.42 Å². The standard InChI is InChI=1S/C29H24FN5O2/c1-37-21-12-13-26-23(17-21)28(35-27(33-26)20-8-6-15-31-18-20)34-25-11-5-3-9-22(25)29(36)32-16-14-19-7-2-4-10-24(19)30/h2-13,15,17-18H,14,16H2,1H3,(H,32,36)(H,33,34,35). The lowest BCUT2D eigenvalue weighted by atomic mass is 10.1. The number of ether oxygens (including phenoxy) is 1. The molecule has 2 heterocycles. The third-order valence-electron chi connectivity index (χ3n) is 5.89. The van der Waals surface area contributed by atoms with E-state index in [0.29, 0.717) is 52.7 Å². The second-order valence-corrected chi connectivity index (χ2v) is 8.29. The maximum absolute atomic E-state index is 13.9. The molecule has 0 saturated heterocycles. The van der Waals surface area contributed by atoms with Gasteiger partial charge in [0.1, 0.15) is 17.4 Å². The van der Waals surface area contributed by atoms with Gasteiger partial charge in [-0.05, 0) is 60.5 Å². The van der Waals surface area contributed by atoms with Crippen molar-refractivity contribution < 1.29 is 13.9 Å². The molecule has 2 aromatic heterocycles. The molecule has 0 fully saturated rings. The van der Waals surface area contributed by atoms with E-state index >= 15 is 0 Å². The van der Waals surface area contributed by atoms with Gasteiger partial charge in [0.2, 0.25) is 0 Å². The molecule has 0 unspecified atom stereocenters. The van der Waals surface area contributed by atoms with Gasteiger partial charge in [-0.1, -0.05) is 30.3 Å². The molecule has 2 N–H and O–H groups in total. The highest BCUT2D eigenvalue weighted by Gasteiger charge is 2.15. The number of anilines is 2. The van der Waals surface area contributed by atoms with Crippen molar-refractivity contribution in [1.82, 2.24) is 20.3 Å². The molecule has 184 valence electrons. The Balaban J connectivity index is 1.45. The summed E-state index contributed by atoms with van der Waals surface area (Å²) in [6.07, 6.45) is 3.78. The van der Waals surface area contributed by atoms with Crippen LogP contribution in [0, 0.1) is 5.82 Å². The number of hydrogen-bond donors (Lipinski definition) is 2. The highest BCUT2D eigenvalue weighted by Crippen LogP contribution is 2.31. The number of hydrogen-bond acceptors (Lipinski definition) is 6. The first kappa shape index (κ1) is 23.9. The molecule has 0 spiro atoms. The van der Waals surface area contributed by atoms with Crippen molar-refractivity contribution >= 4 is 28.3 Å². The number of aromatic nitrogens is 3. The molecule has 5 rings (SSSR count). The molecule has 8 heteroatoms. The van der Waals surface area contributed by atoms with Gasteiger partial charge in [-0.25, -0.2) is 14.4 Å². The number of fused-ring (bicyclic) bond motifs is 1. The largest absolute Gasteiger partial charge is 0.497 e. The molecule has 7 nitrogen and oxygen atoms in total. The van der Waals surface area contributed by atoms with Crippen LogP contribution in [0.5, 0.6) is 5.75 Å². The summed E-state index contributed by atoms with van der Waals surface area (Å²) < 4.78 is 19.3. The smallest absolute Gasteiger partial charge is 0.253 e. The summed E-state index contributed by atoms with van der Waals surface area (Å²) in [5.41, 5.74) is 3.05. The van der Waals surface area contributed by atoms with Crippen LogP contribution in [-0.4, -0.2) is 34.5 Å². The lowest BCUT2D eigenvalue weighted by Gasteiger charge is -2.15. The van der Waals surface area contributed by atoms with E-state index in [0.717, 1.165) is 10.9 Å². The Morgan fingerprint density at radius 2 is 1.81 bits per heavy atom. The number of carbonyl (C=O) groups excluding carboxylic acids is 1. The van der Waals surface area contributed by atoms with Gasteiger partial charge in [-0.2, -0.15) is 0 Å². The highest BCUT2D eigenvalue weighted by atomic mass is 19.1. The van der Waals surface area contributed by atoms with Crippen molar-refractivity contribution in [1.29, 1.82) is 0 Å². The Bertz CT molecular complexity index is 1560. The molecule has 5 aromatic rings. The zero-order valence-electron chi connectivity index (χ0n) is 20.1. The average Bonchev–Trinajstić information content (AvgIpc) is 2.94. The van der Waals surface area contributed by atoms with E-state index in [9.17, 15) is 9.18 Å². The molecule has 0 radical (unpaired) electrons. The Kier molecular flexibility index (Phi) is 6.98. The third-order valence-corrected chi connectivity index (χ3v) is 5.89. The Morgan fingerprint density at radius 3 is 2.62 bits per heavy atom. The Morgan fingerprint density at radius 1 is 0.973 bits per heavy atom. The van der Waals surface area contributed by atoms with E-state index in [2.05, 4.69) is 15.6 Å². The van der Waals surface area contributed by atoms with Gasteiger partial charge in [0, 0.05) is 29.9 Å². The van der Waals surface area contributed by atoms with Gasteiger partial charge in [-0.15, -0.1) is 0 Å². The summed E-state index contributed by atoms with van der Waals surface area (Å²) in [7, 11) is 1.60. The molecule has 0 bridgehead atoms. The monoisotopic (exact) mass is 493 g/mol. The van der Waals surface area contributed by atoms with Gasteiger partial charge >= 0.3 is 0 Å². The van der Waals surface area contributed by atoms with Crippen LogP contribution >= 0.6 is 0 Å².